The van der Waals surface area contributed by atoms with Crippen molar-refractivity contribution in [3.05, 3.63) is 35.9 Å². The molecule has 94 valence electrons. The Labute approximate surface area is 96.0 Å². The molecule has 1 unspecified atom stereocenters. The van der Waals surface area contributed by atoms with Crippen LogP contribution in [0.2, 0.25) is 0 Å². The second kappa shape index (κ2) is 5.18. The van der Waals surface area contributed by atoms with Gasteiger partial charge in [0.15, 0.2) is 0 Å². The predicted molar refractivity (Wildman–Crippen MR) is 55.3 cm³/mol. The first-order valence-corrected chi connectivity index (χ1v) is 4.91. The van der Waals surface area contributed by atoms with Crippen LogP contribution in [0.4, 0.5) is 13.2 Å². The average Bonchev–Trinajstić information content (AvgIpc) is 2.24. The van der Waals surface area contributed by atoms with E-state index < -0.39 is 24.1 Å². The normalized spacial score (nSPS) is 15.3. The Hall–Kier alpha value is -1.56. The quantitative estimate of drug-likeness (QED) is 0.853. The summed E-state index contributed by atoms with van der Waals surface area (Å²) in [6, 6.07) is 5.74. The van der Waals surface area contributed by atoms with Crippen LogP contribution in [0.25, 0.3) is 0 Å². The minimum Gasteiger partial charge on any atom is -0.481 e. The smallest absolute Gasteiger partial charge is 0.404 e. The fourth-order valence-corrected chi connectivity index (χ4v) is 1.46. The van der Waals surface area contributed by atoms with Gasteiger partial charge in [0.1, 0.15) is 6.04 Å². The summed E-state index contributed by atoms with van der Waals surface area (Å²) >= 11 is 0. The maximum absolute atomic E-state index is 12.4. The minimum atomic E-state index is -4.71. The van der Waals surface area contributed by atoms with Crippen molar-refractivity contribution in [3.8, 4) is 0 Å². The van der Waals surface area contributed by atoms with E-state index in [-0.39, 0.29) is 6.42 Å². The lowest BCUT2D eigenvalue weighted by Gasteiger charge is -2.22. The highest BCUT2D eigenvalue weighted by Gasteiger charge is 2.44. The van der Waals surface area contributed by atoms with Crippen molar-refractivity contribution >= 4 is 5.97 Å². The van der Waals surface area contributed by atoms with Crippen molar-refractivity contribution in [1.29, 1.82) is 0 Å². The number of nitrogens with two attached hydrogens (primary N) is 1. The molecule has 0 aliphatic rings. The molecule has 1 aromatic carbocycles. The van der Waals surface area contributed by atoms with Crippen LogP contribution >= 0.6 is 0 Å². The fourth-order valence-electron chi connectivity index (χ4n) is 1.46. The van der Waals surface area contributed by atoms with Crippen LogP contribution in [-0.2, 0) is 11.2 Å². The summed E-state index contributed by atoms with van der Waals surface area (Å²) < 4.78 is 37.1. The van der Waals surface area contributed by atoms with E-state index in [1.165, 1.54) is 0 Å². The Morgan fingerprint density at radius 1 is 1.29 bits per heavy atom. The van der Waals surface area contributed by atoms with Gasteiger partial charge in [-0.3, -0.25) is 4.79 Å². The number of carboxylic acid groups (broad SMARTS) is 1. The standard InChI is InChI=1S/C11H12F3NO2/c12-11(13,14)9(15)8(10(16)17)6-7-4-2-1-3-5-7/h1-5,8-9H,6,15H2,(H,16,17)/t8?,9-/m1/s1. The van der Waals surface area contributed by atoms with Crippen LogP contribution in [0.3, 0.4) is 0 Å². The summed E-state index contributed by atoms with van der Waals surface area (Å²) in [5.74, 6) is -3.21. The van der Waals surface area contributed by atoms with Gasteiger partial charge in [-0.1, -0.05) is 30.3 Å². The number of hydrogen-bond acceptors (Lipinski definition) is 2. The molecule has 1 rings (SSSR count). The van der Waals surface area contributed by atoms with Gasteiger partial charge in [-0.05, 0) is 12.0 Å². The van der Waals surface area contributed by atoms with Crippen LogP contribution in [-0.4, -0.2) is 23.3 Å². The molecule has 0 aliphatic heterocycles. The van der Waals surface area contributed by atoms with Crippen molar-refractivity contribution in [2.24, 2.45) is 11.7 Å². The molecule has 0 heterocycles. The molecule has 6 heteroatoms. The highest BCUT2D eigenvalue weighted by molar-refractivity contribution is 5.71. The first-order chi connectivity index (χ1) is 7.82. The van der Waals surface area contributed by atoms with E-state index in [4.69, 9.17) is 10.8 Å². The molecular weight excluding hydrogens is 235 g/mol. The molecule has 0 saturated heterocycles. The Morgan fingerprint density at radius 3 is 2.24 bits per heavy atom. The largest absolute Gasteiger partial charge is 0.481 e. The van der Waals surface area contributed by atoms with Crippen molar-refractivity contribution < 1.29 is 23.1 Å². The second-order valence-electron chi connectivity index (χ2n) is 3.70. The van der Waals surface area contributed by atoms with Crippen molar-refractivity contribution in [1.82, 2.24) is 0 Å². The third-order valence-electron chi connectivity index (χ3n) is 2.43. The van der Waals surface area contributed by atoms with Gasteiger partial charge in [0.05, 0.1) is 5.92 Å². The number of carboxylic acids is 1. The Morgan fingerprint density at radius 2 is 1.82 bits per heavy atom. The van der Waals surface area contributed by atoms with Crippen LogP contribution in [0.15, 0.2) is 30.3 Å². The number of benzene rings is 1. The van der Waals surface area contributed by atoms with Crippen molar-refractivity contribution in [3.63, 3.8) is 0 Å². The SMILES string of the molecule is N[C@H](C(Cc1ccccc1)C(=O)O)C(F)(F)F. The zero-order valence-corrected chi connectivity index (χ0v) is 8.82. The van der Waals surface area contributed by atoms with Crippen molar-refractivity contribution in [2.75, 3.05) is 0 Å². The van der Waals surface area contributed by atoms with E-state index in [1.54, 1.807) is 30.3 Å². The van der Waals surface area contributed by atoms with E-state index >= 15 is 0 Å². The first-order valence-electron chi connectivity index (χ1n) is 4.91. The maximum atomic E-state index is 12.4. The summed E-state index contributed by atoms with van der Waals surface area (Å²) in [7, 11) is 0. The van der Waals surface area contributed by atoms with E-state index in [0.717, 1.165) is 0 Å². The van der Waals surface area contributed by atoms with Gasteiger partial charge in [0, 0.05) is 0 Å². The third kappa shape index (κ3) is 3.74. The molecular formula is C11H12F3NO2. The van der Waals surface area contributed by atoms with Gasteiger partial charge in [-0.2, -0.15) is 13.2 Å². The molecule has 0 spiro atoms. The molecule has 0 aliphatic carbocycles. The molecule has 17 heavy (non-hydrogen) atoms. The Balaban J connectivity index is 2.85. The highest BCUT2D eigenvalue weighted by Crippen LogP contribution is 2.26. The molecule has 0 amide bonds. The molecule has 0 radical (unpaired) electrons. The highest BCUT2D eigenvalue weighted by atomic mass is 19.4. The van der Waals surface area contributed by atoms with E-state index in [2.05, 4.69) is 0 Å². The maximum Gasteiger partial charge on any atom is 0.404 e. The number of carbonyl (C=O) groups is 1. The number of rotatable bonds is 4. The molecule has 3 N–H and O–H groups in total. The summed E-state index contributed by atoms with van der Waals surface area (Å²) in [6.07, 6.45) is -4.95. The van der Waals surface area contributed by atoms with Gasteiger partial charge in [0.2, 0.25) is 0 Å². The minimum absolute atomic E-state index is 0.239. The zero-order chi connectivity index (χ0) is 13.1. The van der Waals surface area contributed by atoms with Gasteiger partial charge < -0.3 is 10.8 Å². The Bertz CT molecular complexity index is 378. The summed E-state index contributed by atoms with van der Waals surface area (Å²) in [5.41, 5.74) is 5.45. The summed E-state index contributed by atoms with van der Waals surface area (Å²) in [6.45, 7) is 0. The molecule has 2 atom stereocenters. The number of hydrogen-bond donors (Lipinski definition) is 2. The molecule has 1 aromatic rings. The lowest BCUT2D eigenvalue weighted by Crippen LogP contribution is -2.47. The predicted octanol–water partition coefficient (Wildman–Crippen LogP) is 1.82. The van der Waals surface area contributed by atoms with Gasteiger partial charge in [0.25, 0.3) is 0 Å². The lowest BCUT2D eigenvalue weighted by atomic mass is 9.92. The van der Waals surface area contributed by atoms with Crippen LogP contribution < -0.4 is 5.73 Å². The number of aliphatic carboxylic acids is 1. The molecule has 0 bridgehead atoms. The average molecular weight is 247 g/mol. The van der Waals surface area contributed by atoms with E-state index in [9.17, 15) is 18.0 Å². The third-order valence-corrected chi connectivity index (χ3v) is 2.43. The molecule has 0 aromatic heterocycles. The summed E-state index contributed by atoms with van der Waals surface area (Å²) in [5, 5.41) is 8.79. The van der Waals surface area contributed by atoms with Crippen molar-refractivity contribution in [2.45, 2.75) is 18.6 Å². The number of halogens is 3. The zero-order valence-electron chi connectivity index (χ0n) is 8.82. The monoisotopic (exact) mass is 247 g/mol. The van der Waals surface area contributed by atoms with Gasteiger partial charge in [-0.25, -0.2) is 0 Å². The van der Waals surface area contributed by atoms with E-state index in [1.807, 2.05) is 0 Å². The van der Waals surface area contributed by atoms with E-state index in [0.29, 0.717) is 5.56 Å². The second-order valence-corrected chi connectivity index (χ2v) is 3.70. The van der Waals surface area contributed by atoms with Crippen LogP contribution in [0.5, 0.6) is 0 Å². The fraction of sp³-hybridized carbons (Fsp3) is 0.364. The molecule has 3 nitrogen and oxygen atoms in total. The summed E-state index contributed by atoms with van der Waals surface area (Å²) in [4.78, 5) is 10.8. The van der Waals surface area contributed by atoms with Crippen LogP contribution in [0.1, 0.15) is 5.56 Å². The topological polar surface area (TPSA) is 63.3 Å². The van der Waals surface area contributed by atoms with Gasteiger partial charge >= 0.3 is 12.1 Å². The molecule has 0 fully saturated rings. The molecule has 0 saturated carbocycles. The first kappa shape index (κ1) is 13.5. The van der Waals surface area contributed by atoms with Crippen LogP contribution in [0, 0.1) is 5.92 Å². The van der Waals surface area contributed by atoms with Gasteiger partial charge in [-0.15, -0.1) is 0 Å². The lowest BCUT2D eigenvalue weighted by molar-refractivity contribution is -0.172. The Kier molecular flexibility index (Phi) is 4.11. The number of alkyl halides is 3.